The first-order valence-electron chi connectivity index (χ1n) is 4.09. The summed E-state index contributed by atoms with van der Waals surface area (Å²) in [5.74, 6) is -0.152. The van der Waals surface area contributed by atoms with Crippen LogP contribution >= 0.6 is 12.6 Å². The molecule has 1 aliphatic rings. The van der Waals surface area contributed by atoms with Gasteiger partial charge in [-0.25, -0.2) is 0 Å². The van der Waals surface area contributed by atoms with Crippen molar-refractivity contribution in [2.24, 2.45) is 0 Å². The standard InChI is InChI=1S/C10H9NOS/c11-8-5-9(13)6-3-1-2-4-7(6)10(8)12/h1-4,9,11,13H,5H2. The normalized spacial score (nSPS) is 21.5. The van der Waals surface area contributed by atoms with Gasteiger partial charge in [0.25, 0.3) is 0 Å². The molecule has 0 aromatic heterocycles. The summed E-state index contributed by atoms with van der Waals surface area (Å²) in [7, 11) is 0. The highest BCUT2D eigenvalue weighted by Crippen LogP contribution is 2.32. The van der Waals surface area contributed by atoms with E-state index in [0.29, 0.717) is 12.0 Å². The molecule has 0 fully saturated rings. The number of hydrogen-bond donors (Lipinski definition) is 2. The topological polar surface area (TPSA) is 40.9 Å². The van der Waals surface area contributed by atoms with E-state index in [-0.39, 0.29) is 16.7 Å². The molecule has 1 aromatic carbocycles. The Labute approximate surface area is 81.9 Å². The Kier molecular flexibility index (Phi) is 1.96. The maximum atomic E-state index is 11.5. The van der Waals surface area contributed by atoms with Gasteiger partial charge in [0.2, 0.25) is 5.78 Å². The third-order valence-electron chi connectivity index (χ3n) is 2.24. The van der Waals surface area contributed by atoms with E-state index in [1.807, 2.05) is 18.2 Å². The molecule has 0 spiro atoms. The van der Waals surface area contributed by atoms with Gasteiger partial charge in [-0.05, 0) is 5.56 Å². The zero-order valence-electron chi connectivity index (χ0n) is 6.95. The summed E-state index contributed by atoms with van der Waals surface area (Å²) in [6.45, 7) is 0. The maximum Gasteiger partial charge on any atom is 0.206 e. The van der Waals surface area contributed by atoms with Crippen molar-refractivity contribution in [1.82, 2.24) is 0 Å². The third-order valence-corrected chi connectivity index (χ3v) is 2.70. The molecule has 0 saturated carbocycles. The summed E-state index contributed by atoms with van der Waals surface area (Å²) in [6, 6.07) is 7.37. The minimum absolute atomic E-state index is 0.00130. The van der Waals surface area contributed by atoms with Crippen molar-refractivity contribution in [1.29, 1.82) is 5.41 Å². The van der Waals surface area contributed by atoms with Gasteiger partial charge in [-0.3, -0.25) is 4.79 Å². The highest BCUT2D eigenvalue weighted by molar-refractivity contribution is 7.80. The van der Waals surface area contributed by atoms with Crippen LogP contribution in [0.25, 0.3) is 0 Å². The summed E-state index contributed by atoms with van der Waals surface area (Å²) in [6.07, 6.45) is 0.443. The van der Waals surface area contributed by atoms with Crippen LogP contribution in [0, 0.1) is 5.41 Å². The van der Waals surface area contributed by atoms with Crippen LogP contribution in [-0.2, 0) is 0 Å². The van der Waals surface area contributed by atoms with Gasteiger partial charge in [0.05, 0.1) is 5.71 Å². The number of hydrogen-bond acceptors (Lipinski definition) is 3. The van der Waals surface area contributed by atoms with Gasteiger partial charge in [0, 0.05) is 17.2 Å². The molecule has 1 unspecified atom stereocenters. The van der Waals surface area contributed by atoms with Crippen LogP contribution in [0.2, 0.25) is 0 Å². The number of ketones is 1. The molecule has 0 radical (unpaired) electrons. The molecule has 2 nitrogen and oxygen atoms in total. The van der Waals surface area contributed by atoms with Crippen LogP contribution in [0.1, 0.15) is 27.6 Å². The molecule has 13 heavy (non-hydrogen) atoms. The molecule has 1 aliphatic carbocycles. The molecule has 1 atom stereocenters. The van der Waals surface area contributed by atoms with E-state index in [2.05, 4.69) is 12.6 Å². The lowest BCUT2D eigenvalue weighted by atomic mass is 9.89. The lowest BCUT2D eigenvalue weighted by molar-refractivity contribution is 0.105. The van der Waals surface area contributed by atoms with Gasteiger partial charge in [-0.2, -0.15) is 12.6 Å². The zero-order valence-corrected chi connectivity index (χ0v) is 7.84. The summed E-state index contributed by atoms with van der Waals surface area (Å²) < 4.78 is 0. The molecule has 1 N–H and O–H groups in total. The van der Waals surface area contributed by atoms with E-state index in [9.17, 15) is 4.79 Å². The first kappa shape index (κ1) is 8.51. The van der Waals surface area contributed by atoms with Crippen LogP contribution in [0.3, 0.4) is 0 Å². The molecule has 66 valence electrons. The number of fused-ring (bicyclic) bond motifs is 1. The fourth-order valence-electron chi connectivity index (χ4n) is 1.55. The summed E-state index contributed by atoms with van der Waals surface area (Å²) in [4.78, 5) is 11.5. The molecule has 0 bridgehead atoms. The van der Waals surface area contributed by atoms with Gasteiger partial charge < -0.3 is 5.41 Å². The average molecular weight is 191 g/mol. The molecule has 0 heterocycles. The Morgan fingerprint density at radius 3 is 2.85 bits per heavy atom. The molecule has 3 heteroatoms. The summed E-state index contributed by atoms with van der Waals surface area (Å²) in [5.41, 5.74) is 1.75. The highest BCUT2D eigenvalue weighted by atomic mass is 32.1. The Morgan fingerprint density at radius 2 is 2.08 bits per heavy atom. The molecular formula is C10H9NOS. The lowest BCUT2D eigenvalue weighted by Gasteiger charge is -2.20. The predicted molar refractivity (Wildman–Crippen MR) is 54.8 cm³/mol. The fourth-order valence-corrected chi connectivity index (χ4v) is 1.96. The zero-order chi connectivity index (χ0) is 9.42. The van der Waals surface area contributed by atoms with E-state index in [1.165, 1.54) is 0 Å². The smallest absolute Gasteiger partial charge is 0.206 e. The number of rotatable bonds is 0. The first-order valence-corrected chi connectivity index (χ1v) is 4.61. The fraction of sp³-hybridized carbons (Fsp3) is 0.200. The van der Waals surface area contributed by atoms with E-state index < -0.39 is 0 Å². The molecular weight excluding hydrogens is 182 g/mol. The van der Waals surface area contributed by atoms with Gasteiger partial charge in [-0.1, -0.05) is 24.3 Å². The Bertz CT molecular complexity index is 386. The van der Waals surface area contributed by atoms with Crippen molar-refractivity contribution in [2.75, 3.05) is 0 Å². The van der Waals surface area contributed by atoms with Gasteiger partial charge in [0.1, 0.15) is 0 Å². The van der Waals surface area contributed by atoms with Crippen LogP contribution in [0.4, 0.5) is 0 Å². The van der Waals surface area contributed by atoms with E-state index in [4.69, 9.17) is 5.41 Å². The summed E-state index contributed by atoms with van der Waals surface area (Å²) >= 11 is 4.35. The maximum absolute atomic E-state index is 11.5. The number of Topliss-reactive ketones (excluding diaryl/α,β-unsaturated/α-hetero) is 1. The second-order valence-electron chi connectivity index (χ2n) is 3.11. The van der Waals surface area contributed by atoms with Crippen LogP contribution in [0.5, 0.6) is 0 Å². The number of benzene rings is 1. The SMILES string of the molecule is N=C1CC(S)c2ccccc2C1=O. The van der Waals surface area contributed by atoms with Crippen molar-refractivity contribution in [3.05, 3.63) is 35.4 Å². The average Bonchev–Trinajstić information content (AvgIpc) is 2.15. The number of thiol groups is 1. The Balaban J connectivity index is 2.60. The number of nitrogens with one attached hydrogen (secondary N) is 1. The molecule has 0 saturated heterocycles. The molecule has 2 rings (SSSR count). The largest absolute Gasteiger partial charge is 0.301 e. The van der Waals surface area contributed by atoms with E-state index in [0.717, 1.165) is 5.56 Å². The molecule has 0 aliphatic heterocycles. The van der Waals surface area contributed by atoms with Crippen LogP contribution < -0.4 is 0 Å². The Hall–Kier alpha value is -1.09. The van der Waals surface area contributed by atoms with Crippen LogP contribution in [0.15, 0.2) is 24.3 Å². The molecule has 1 aromatic rings. The lowest BCUT2D eigenvalue weighted by Crippen LogP contribution is -2.22. The number of carbonyl (C=O) groups excluding carboxylic acids is 1. The quantitative estimate of drug-likeness (QED) is 0.607. The minimum Gasteiger partial charge on any atom is -0.301 e. The van der Waals surface area contributed by atoms with Gasteiger partial charge in [0.15, 0.2) is 0 Å². The predicted octanol–water partition coefficient (Wildman–Crippen LogP) is 2.26. The number of carbonyl (C=O) groups is 1. The van der Waals surface area contributed by atoms with Crippen LogP contribution in [-0.4, -0.2) is 11.5 Å². The molecule has 0 amide bonds. The van der Waals surface area contributed by atoms with Gasteiger partial charge in [-0.15, -0.1) is 0 Å². The second-order valence-corrected chi connectivity index (χ2v) is 3.74. The Morgan fingerprint density at radius 1 is 1.38 bits per heavy atom. The van der Waals surface area contributed by atoms with Crippen molar-refractivity contribution < 1.29 is 4.79 Å². The van der Waals surface area contributed by atoms with E-state index in [1.54, 1.807) is 6.07 Å². The monoisotopic (exact) mass is 191 g/mol. The van der Waals surface area contributed by atoms with Crippen molar-refractivity contribution in [3.8, 4) is 0 Å². The highest BCUT2D eigenvalue weighted by Gasteiger charge is 2.26. The first-order chi connectivity index (χ1) is 6.20. The van der Waals surface area contributed by atoms with Crippen molar-refractivity contribution in [2.45, 2.75) is 11.7 Å². The third kappa shape index (κ3) is 1.29. The van der Waals surface area contributed by atoms with Crippen molar-refractivity contribution in [3.63, 3.8) is 0 Å². The minimum atomic E-state index is -0.152. The summed E-state index contributed by atoms with van der Waals surface area (Å²) in [5, 5.41) is 7.46. The van der Waals surface area contributed by atoms with Crippen molar-refractivity contribution >= 4 is 24.1 Å². The second kappa shape index (κ2) is 3.00. The van der Waals surface area contributed by atoms with Gasteiger partial charge >= 0.3 is 0 Å². The van der Waals surface area contributed by atoms with E-state index >= 15 is 0 Å².